The Labute approximate surface area is 160 Å². The van der Waals surface area contributed by atoms with Crippen molar-refractivity contribution < 1.29 is 17.6 Å². The third-order valence-electron chi connectivity index (χ3n) is 5.61. The molecule has 27 heavy (non-hydrogen) atoms. The second-order valence-corrected chi connectivity index (χ2v) is 9.30. The van der Waals surface area contributed by atoms with E-state index < -0.39 is 15.8 Å². The first-order chi connectivity index (χ1) is 12.9. The molecule has 1 atom stereocenters. The Balaban J connectivity index is 1.56. The molecule has 150 valence electrons. The van der Waals surface area contributed by atoms with Gasteiger partial charge in [-0.25, -0.2) is 12.8 Å². The van der Waals surface area contributed by atoms with E-state index in [1.807, 2.05) is 11.8 Å². The molecule has 0 radical (unpaired) electrons. The fourth-order valence-corrected chi connectivity index (χ4v) is 5.35. The van der Waals surface area contributed by atoms with E-state index >= 15 is 0 Å². The Morgan fingerprint density at radius 1 is 1.11 bits per heavy atom. The monoisotopic (exact) mass is 397 g/mol. The van der Waals surface area contributed by atoms with Crippen molar-refractivity contribution >= 4 is 15.9 Å². The fourth-order valence-electron chi connectivity index (χ4n) is 3.86. The number of hydrogen-bond donors (Lipinski definition) is 1. The highest BCUT2D eigenvalue weighted by Crippen LogP contribution is 2.21. The van der Waals surface area contributed by atoms with Crippen LogP contribution in [0.1, 0.15) is 39.0 Å². The first-order valence-corrected chi connectivity index (χ1v) is 11.1. The number of nitrogens with one attached hydrogen (secondary N) is 1. The average molecular weight is 398 g/mol. The van der Waals surface area contributed by atoms with Crippen LogP contribution in [0.2, 0.25) is 0 Å². The fraction of sp³-hybridized carbons (Fsp3) is 0.632. The van der Waals surface area contributed by atoms with E-state index in [-0.39, 0.29) is 36.0 Å². The lowest BCUT2D eigenvalue weighted by Gasteiger charge is -2.37. The molecule has 0 unspecified atom stereocenters. The number of hydrogen-bond acceptors (Lipinski definition) is 4. The lowest BCUT2D eigenvalue weighted by Crippen LogP contribution is -2.56. The van der Waals surface area contributed by atoms with Gasteiger partial charge in [-0.1, -0.05) is 31.4 Å². The maximum atomic E-state index is 13.9. The summed E-state index contributed by atoms with van der Waals surface area (Å²) in [6.45, 7) is 3.26. The molecule has 1 amide bonds. The van der Waals surface area contributed by atoms with Gasteiger partial charge in [-0.15, -0.1) is 0 Å². The number of piperazine rings is 1. The molecule has 0 spiro atoms. The largest absolute Gasteiger partial charge is 0.352 e. The van der Waals surface area contributed by atoms with Gasteiger partial charge in [-0.05, 0) is 31.9 Å². The predicted octanol–water partition coefficient (Wildman–Crippen LogP) is 1.97. The van der Waals surface area contributed by atoms with Crippen molar-refractivity contribution in [1.29, 1.82) is 0 Å². The van der Waals surface area contributed by atoms with Gasteiger partial charge in [0.15, 0.2) is 0 Å². The summed E-state index contributed by atoms with van der Waals surface area (Å²) in [6.07, 6.45) is 5.62. The maximum Gasteiger partial charge on any atom is 0.246 e. The zero-order valence-electron chi connectivity index (χ0n) is 15.7. The van der Waals surface area contributed by atoms with Crippen molar-refractivity contribution in [3.63, 3.8) is 0 Å². The van der Waals surface area contributed by atoms with Crippen LogP contribution in [0.3, 0.4) is 0 Å². The molecule has 1 aliphatic carbocycles. The van der Waals surface area contributed by atoms with Crippen molar-refractivity contribution in [2.45, 2.75) is 56.0 Å². The van der Waals surface area contributed by atoms with Crippen LogP contribution < -0.4 is 5.32 Å². The van der Waals surface area contributed by atoms with Gasteiger partial charge in [0.2, 0.25) is 15.9 Å². The minimum atomic E-state index is -3.85. The van der Waals surface area contributed by atoms with Gasteiger partial charge in [-0.3, -0.25) is 9.69 Å². The standard InChI is InChI=1S/C19H28FN3O3S/c1-15(19(24)21-16-7-3-2-4-8-16)22-11-13-23(14-12-22)27(25,26)18-10-6-5-9-17(18)20/h5-6,9-10,15-16H,2-4,7-8,11-14H2,1H3,(H,21,24)/t15-/m1/s1. The summed E-state index contributed by atoms with van der Waals surface area (Å²) in [5.41, 5.74) is 0. The van der Waals surface area contributed by atoms with Crippen molar-refractivity contribution in [3.05, 3.63) is 30.1 Å². The SMILES string of the molecule is C[C@H](C(=O)NC1CCCCC1)N1CCN(S(=O)(=O)c2ccccc2F)CC1. The van der Waals surface area contributed by atoms with Crippen LogP contribution in [-0.2, 0) is 14.8 Å². The summed E-state index contributed by atoms with van der Waals surface area (Å²) < 4.78 is 40.5. The summed E-state index contributed by atoms with van der Waals surface area (Å²) in [7, 11) is -3.85. The number of halogens is 1. The topological polar surface area (TPSA) is 69.7 Å². The molecule has 2 aliphatic rings. The number of benzene rings is 1. The normalized spacial score (nSPS) is 21.7. The second kappa shape index (κ2) is 8.67. The van der Waals surface area contributed by atoms with Crippen LogP contribution in [0.15, 0.2) is 29.2 Å². The third-order valence-corrected chi connectivity index (χ3v) is 7.54. The van der Waals surface area contributed by atoms with Crippen LogP contribution in [-0.4, -0.2) is 61.8 Å². The highest BCUT2D eigenvalue weighted by atomic mass is 32.2. The van der Waals surface area contributed by atoms with E-state index in [9.17, 15) is 17.6 Å². The Kier molecular flexibility index (Phi) is 6.49. The third kappa shape index (κ3) is 4.67. The molecule has 1 saturated carbocycles. The van der Waals surface area contributed by atoms with Gasteiger partial charge < -0.3 is 5.32 Å². The molecule has 2 fully saturated rings. The van der Waals surface area contributed by atoms with Crippen LogP contribution in [0.5, 0.6) is 0 Å². The summed E-state index contributed by atoms with van der Waals surface area (Å²) in [4.78, 5) is 14.2. The zero-order valence-corrected chi connectivity index (χ0v) is 16.5. The van der Waals surface area contributed by atoms with E-state index in [4.69, 9.17) is 0 Å². The summed E-state index contributed by atoms with van der Waals surface area (Å²) >= 11 is 0. The molecule has 1 aromatic rings. The summed E-state index contributed by atoms with van der Waals surface area (Å²) in [6, 6.07) is 5.39. The average Bonchev–Trinajstić information content (AvgIpc) is 2.68. The van der Waals surface area contributed by atoms with Crippen molar-refractivity contribution in [1.82, 2.24) is 14.5 Å². The molecule has 3 rings (SSSR count). The summed E-state index contributed by atoms with van der Waals surface area (Å²) in [5, 5.41) is 3.13. The molecule has 1 N–H and O–H groups in total. The highest BCUT2D eigenvalue weighted by molar-refractivity contribution is 7.89. The van der Waals surface area contributed by atoms with E-state index in [1.54, 1.807) is 0 Å². The van der Waals surface area contributed by atoms with Gasteiger partial charge in [-0.2, -0.15) is 4.31 Å². The van der Waals surface area contributed by atoms with E-state index in [1.165, 1.54) is 28.9 Å². The minimum absolute atomic E-state index is 0.00677. The van der Waals surface area contributed by atoms with Gasteiger partial charge >= 0.3 is 0 Å². The Morgan fingerprint density at radius 2 is 1.74 bits per heavy atom. The Hall–Kier alpha value is -1.51. The first kappa shape index (κ1) is 20.2. The number of sulfonamides is 1. The lowest BCUT2D eigenvalue weighted by molar-refractivity contribution is -0.127. The molecule has 8 heteroatoms. The molecule has 0 bridgehead atoms. The quantitative estimate of drug-likeness (QED) is 0.825. The van der Waals surface area contributed by atoms with Crippen molar-refractivity contribution in [2.75, 3.05) is 26.2 Å². The Bertz CT molecular complexity index is 757. The first-order valence-electron chi connectivity index (χ1n) is 9.68. The minimum Gasteiger partial charge on any atom is -0.352 e. The van der Waals surface area contributed by atoms with Crippen LogP contribution in [0.4, 0.5) is 4.39 Å². The van der Waals surface area contributed by atoms with Gasteiger partial charge in [0, 0.05) is 32.2 Å². The van der Waals surface area contributed by atoms with Crippen molar-refractivity contribution in [3.8, 4) is 0 Å². The number of amides is 1. The molecular formula is C19H28FN3O3S. The lowest BCUT2D eigenvalue weighted by atomic mass is 9.95. The number of rotatable bonds is 5. The van der Waals surface area contributed by atoms with E-state index in [0.29, 0.717) is 13.1 Å². The van der Waals surface area contributed by atoms with Crippen molar-refractivity contribution in [2.24, 2.45) is 0 Å². The highest BCUT2D eigenvalue weighted by Gasteiger charge is 2.33. The van der Waals surface area contributed by atoms with Gasteiger partial charge in [0.05, 0.1) is 6.04 Å². The van der Waals surface area contributed by atoms with Gasteiger partial charge in [0.25, 0.3) is 0 Å². The second-order valence-electron chi connectivity index (χ2n) is 7.39. The van der Waals surface area contributed by atoms with E-state index in [2.05, 4.69) is 5.32 Å². The predicted molar refractivity (Wildman–Crippen MR) is 101 cm³/mol. The van der Waals surface area contributed by atoms with E-state index in [0.717, 1.165) is 31.7 Å². The smallest absolute Gasteiger partial charge is 0.246 e. The molecule has 0 aromatic heterocycles. The number of carbonyl (C=O) groups is 1. The zero-order chi connectivity index (χ0) is 19.4. The molecule has 1 saturated heterocycles. The number of carbonyl (C=O) groups excluding carboxylic acids is 1. The molecular weight excluding hydrogens is 369 g/mol. The van der Waals surface area contributed by atoms with Crippen LogP contribution in [0.25, 0.3) is 0 Å². The Morgan fingerprint density at radius 3 is 2.37 bits per heavy atom. The molecule has 1 aromatic carbocycles. The molecule has 1 heterocycles. The summed E-state index contributed by atoms with van der Waals surface area (Å²) in [5.74, 6) is -0.729. The van der Waals surface area contributed by atoms with Gasteiger partial charge in [0.1, 0.15) is 10.7 Å². The van der Waals surface area contributed by atoms with Crippen LogP contribution in [0, 0.1) is 5.82 Å². The molecule has 1 aliphatic heterocycles. The van der Waals surface area contributed by atoms with Crippen LogP contribution >= 0.6 is 0 Å². The number of nitrogens with zero attached hydrogens (tertiary/aromatic N) is 2. The maximum absolute atomic E-state index is 13.9. The molecule has 6 nitrogen and oxygen atoms in total.